The molecule has 2 rings (SSSR count). The second-order valence-electron chi connectivity index (χ2n) is 7.37. The van der Waals surface area contributed by atoms with Crippen molar-refractivity contribution in [2.75, 3.05) is 4.90 Å². The highest BCUT2D eigenvalue weighted by atomic mass is 32.2. The Morgan fingerprint density at radius 1 is 1.19 bits per heavy atom. The smallest absolute Gasteiger partial charge is 0.247 e. The fourth-order valence-electron chi connectivity index (χ4n) is 3.43. The number of amides is 2. The number of carbonyl (C=O) groups is 3. The first-order valence-corrected chi connectivity index (χ1v) is 10.6. The van der Waals surface area contributed by atoms with Crippen molar-refractivity contribution in [3.05, 3.63) is 29.8 Å². The normalized spacial score (nSPS) is 19.6. The monoisotopic (exact) mass is 385 g/mol. The van der Waals surface area contributed by atoms with Crippen LogP contribution < -0.4 is 4.90 Å². The molecule has 1 saturated heterocycles. The lowest BCUT2D eigenvalue weighted by atomic mass is 9.82. The Hall–Kier alpha value is -1.56. The van der Waals surface area contributed by atoms with Gasteiger partial charge in [0.2, 0.25) is 11.8 Å². The van der Waals surface area contributed by atoms with E-state index in [1.54, 1.807) is 11.8 Å². The number of anilines is 1. The first kappa shape index (κ1) is 21.7. The van der Waals surface area contributed by atoms with Crippen molar-refractivity contribution in [1.29, 1.82) is 0 Å². The molecule has 4 nitrogen and oxygen atoms in total. The summed E-state index contributed by atoms with van der Waals surface area (Å²) in [7, 11) is 5.34. The number of hydrogen-bond acceptors (Lipinski definition) is 4. The van der Waals surface area contributed by atoms with E-state index in [4.69, 9.17) is 7.85 Å². The summed E-state index contributed by atoms with van der Waals surface area (Å²) >= 11 is 1.62. The minimum absolute atomic E-state index is 0.111. The van der Waals surface area contributed by atoms with Crippen molar-refractivity contribution in [1.82, 2.24) is 0 Å². The lowest BCUT2D eigenvalue weighted by molar-refractivity contribution is -0.121. The van der Waals surface area contributed by atoms with Crippen molar-refractivity contribution < 1.29 is 14.4 Å². The molecule has 0 bridgehead atoms. The highest BCUT2D eigenvalue weighted by molar-refractivity contribution is 8.01. The van der Waals surface area contributed by atoms with Crippen LogP contribution in [0.1, 0.15) is 64.9 Å². The van der Waals surface area contributed by atoms with Crippen LogP contribution in [0, 0.1) is 5.92 Å². The van der Waals surface area contributed by atoms with Gasteiger partial charge in [-0.3, -0.25) is 9.59 Å². The molecule has 2 amide bonds. The average molecular weight is 385 g/mol. The summed E-state index contributed by atoms with van der Waals surface area (Å²) < 4.78 is 0. The molecule has 1 aromatic rings. The fraction of sp³-hybridized carbons (Fsp3) is 0.571. The number of hydrogen-bond donors (Lipinski definition) is 0. The summed E-state index contributed by atoms with van der Waals surface area (Å²) in [6.07, 6.45) is 2.93. The Bertz CT molecular complexity index is 687. The molecule has 1 fully saturated rings. The highest BCUT2D eigenvalue weighted by Gasteiger charge is 2.40. The topological polar surface area (TPSA) is 54.5 Å². The summed E-state index contributed by atoms with van der Waals surface area (Å²) in [6, 6.07) is 7.49. The van der Waals surface area contributed by atoms with Gasteiger partial charge in [-0.05, 0) is 42.9 Å². The number of imide groups is 1. The van der Waals surface area contributed by atoms with Crippen molar-refractivity contribution in [2.45, 2.75) is 69.8 Å². The lowest BCUT2D eigenvalue weighted by Gasteiger charge is -2.19. The van der Waals surface area contributed by atoms with Gasteiger partial charge < -0.3 is 4.79 Å². The predicted molar refractivity (Wildman–Crippen MR) is 112 cm³/mol. The molecule has 2 radical (unpaired) electrons. The third-order valence-electron chi connectivity index (χ3n) is 5.29. The summed E-state index contributed by atoms with van der Waals surface area (Å²) in [6.45, 7) is 8.09. The number of nitrogens with zero attached hydrogens (tertiary/aromatic N) is 1. The first-order valence-electron chi connectivity index (χ1n) is 9.69. The molecule has 0 aliphatic carbocycles. The molecule has 0 spiro atoms. The van der Waals surface area contributed by atoms with Gasteiger partial charge in [-0.15, -0.1) is 11.8 Å². The number of thioether (sulfide) groups is 1. The van der Waals surface area contributed by atoms with Crippen molar-refractivity contribution in [3.63, 3.8) is 0 Å². The summed E-state index contributed by atoms with van der Waals surface area (Å²) in [4.78, 5) is 37.8. The van der Waals surface area contributed by atoms with E-state index in [2.05, 4.69) is 13.8 Å². The molecular weight excluding hydrogens is 357 g/mol. The van der Waals surface area contributed by atoms with Gasteiger partial charge in [-0.1, -0.05) is 39.8 Å². The SMILES string of the molecule is [B]C(=O)C(C)CC(C)c1ccc(N2C(=O)CC(SC(CC)CC)C2=O)cc1. The van der Waals surface area contributed by atoms with E-state index in [0.29, 0.717) is 17.4 Å². The van der Waals surface area contributed by atoms with Crippen LogP contribution in [0.2, 0.25) is 0 Å². The molecule has 3 atom stereocenters. The quantitative estimate of drug-likeness (QED) is 0.475. The van der Waals surface area contributed by atoms with Gasteiger partial charge >= 0.3 is 0 Å². The van der Waals surface area contributed by atoms with Gasteiger partial charge in [-0.25, -0.2) is 4.90 Å². The van der Waals surface area contributed by atoms with Gasteiger partial charge in [0.25, 0.3) is 0 Å². The minimum Gasteiger partial charge on any atom is -0.312 e. The zero-order valence-corrected chi connectivity index (χ0v) is 17.4. The molecule has 1 aliphatic rings. The second kappa shape index (κ2) is 9.58. The van der Waals surface area contributed by atoms with Crippen LogP contribution >= 0.6 is 11.8 Å². The maximum absolute atomic E-state index is 12.8. The van der Waals surface area contributed by atoms with Crippen LogP contribution in [0.5, 0.6) is 0 Å². The summed E-state index contributed by atoms with van der Waals surface area (Å²) in [5.41, 5.74) is 1.39. The fourth-order valence-corrected chi connectivity index (χ4v) is 4.74. The molecule has 1 heterocycles. The number of carbonyl (C=O) groups excluding carboxylic acids is 3. The van der Waals surface area contributed by atoms with Crippen LogP contribution in [0.4, 0.5) is 5.69 Å². The Kier molecular flexibility index (Phi) is 7.72. The van der Waals surface area contributed by atoms with E-state index in [9.17, 15) is 14.4 Å². The van der Waals surface area contributed by atoms with Crippen LogP contribution in [0.25, 0.3) is 0 Å². The van der Waals surface area contributed by atoms with Crippen molar-refractivity contribution >= 4 is 42.8 Å². The maximum atomic E-state index is 12.8. The van der Waals surface area contributed by atoms with Gasteiger partial charge in [-0.2, -0.15) is 0 Å². The Morgan fingerprint density at radius 2 is 1.78 bits per heavy atom. The molecule has 3 unspecified atom stereocenters. The maximum Gasteiger partial charge on any atom is 0.247 e. The summed E-state index contributed by atoms with van der Waals surface area (Å²) in [5.74, 6) is -0.263. The standard InChI is InChI=1S/C21H28BNO3S/c1-5-17(6-2)27-18-12-19(24)23(21(18)26)16-9-7-15(8-10-16)13(3)11-14(4)20(22)25/h7-10,13-14,17-18H,5-6,11-12H2,1-4H3. The molecule has 1 aromatic carbocycles. The predicted octanol–water partition coefficient (Wildman–Crippen LogP) is 4.07. The van der Waals surface area contributed by atoms with E-state index < -0.39 is 0 Å². The zero-order chi connectivity index (χ0) is 20.1. The Labute approximate surface area is 167 Å². The first-order chi connectivity index (χ1) is 12.8. The Morgan fingerprint density at radius 3 is 2.30 bits per heavy atom. The Balaban J connectivity index is 2.09. The average Bonchev–Trinajstić information content (AvgIpc) is 2.92. The van der Waals surface area contributed by atoms with E-state index in [0.717, 1.165) is 18.4 Å². The molecule has 27 heavy (non-hydrogen) atoms. The van der Waals surface area contributed by atoms with Gasteiger partial charge in [0.1, 0.15) is 0 Å². The molecule has 0 saturated carbocycles. The molecule has 0 aromatic heterocycles. The largest absolute Gasteiger partial charge is 0.312 e. The molecule has 1 aliphatic heterocycles. The van der Waals surface area contributed by atoms with Gasteiger partial charge in [0.05, 0.1) is 16.6 Å². The molecule has 144 valence electrons. The second-order valence-corrected chi connectivity index (χ2v) is 8.87. The lowest BCUT2D eigenvalue weighted by Crippen LogP contribution is -2.31. The number of rotatable bonds is 9. The molecule has 0 N–H and O–H groups in total. The van der Waals surface area contributed by atoms with Gasteiger partial charge in [0, 0.05) is 17.6 Å². The summed E-state index contributed by atoms with van der Waals surface area (Å²) in [5, 5.41) is 0.125. The molecule has 6 heteroatoms. The van der Waals surface area contributed by atoms with E-state index in [1.165, 1.54) is 4.90 Å². The van der Waals surface area contributed by atoms with Crippen LogP contribution in [0.15, 0.2) is 24.3 Å². The third-order valence-corrected chi connectivity index (χ3v) is 7.03. The van der Waals surface area contributed by atoms with Crippen molar-refractivity contribution in [2.24, 2.45) is 5.92 Å². The van der Waals surface area contributed by atoms with E-state index >= 15 is 0 Å². The number of benzene rings is 1. The van der Waals surface area contributed by atoms with Crippen LogP contribution in [0.3, 0.4) is 0 Å². The minimum atomic E-state index is -0.298. The van der Waals surface area contributed by atoms with Gasteiger partial charge in [0.15, 0.2) is 7.85 Å². The van der Waals surface area contributed by atoms with Crippen molar-refractivity contribution in [3.8, 4) is 0 Å². The molecular formula is C21H28BNO3S. The zero-order valence-electron chi connectivity index (χ0n) is 16.6. The van der Waals surface area contributed by atoms with Crippen LogP contribution in [-0.4, -0.2) is 35.8 Å². The van der Waals surface area contributed by atoms with E-state index in [-0.39, 0.29) is 41.0 Å². The third kappa shape index (κ3) is 5.25. The highest BCUT2D eigenvalue weighted by Crippen LogP contribution is 2.34. The van der Waals surface area contributed by atoms with E-state index in [1.807, 2.05) is 38.1 Å². The van der Waals surface area contributed by atoms with Crippen LogP contribution in [-0.2, 0) is 14.4 Å².